The van der Waals surface area contributed by atoms with Crippen molar-refractivity contribution < 1.29 is 0 Å². The lowest BCUT2D eigenvalue weighted by atomic mass is 9.72. The summed E-state index contributed by atoms with van der Waals surface area (Å²) in [5.74, 6) is 1.87. The van der Waals surface area contributed by atoms with Crippen molar-refractivity contribution in [1.82, 2.24) is 9.78 Å². The molecule has 2 N–H and O–H groups in total. The van der Waals surface area contributed by atoms with Gasteiger partial charge in [0.2, 0.25) is 0 Å². The number of hydrogen-bond donors (Lipinski definition) is 1. The lowest BCUT2D eigenvalue weighted by Gasteiger charge is -2.36. The molecule has 1 fully saturated rings. The minimum atomic E-state index is 0.491. The molecule has 19 heavy (non-hydrogen) atoms. The third-order valence-electron chi connectivity index (χ3n) is 4.60. The van der Waals surface area contributed by atoms with E-state index in [1.165, 1.54) is 31.4 Å². The number of aromatic nitrogens is 2. The first-order valence-corrected chi connectivity index (χ1v) is 8.00. The van der Waals surface area contributed by atoms with E-state index in [0.717, 1.165) is 30.5 Å². The fraction of sp³-hybridized carbons (Fsp3) is 0.800. The van der Waals surface area contributed by atoms with E-state index >= 15 is 0 Å². The van der Waals surface area contributed by atoms with Crippen LogP contribution in [0, 0.1) is 11.8 Å². The van der Waals surface area contributed by atoms with Gasteiger partial charge in [0.05, 0.1) is 16.9 Å². The van der Waals surface area contributed by atoms with Crippen LogP contribution in [0.4, 0.5) is 0 Å². The van der Waals surface area contributed by atoms with Crippen LogP contribution in [0.5, 0.6) is 0 Å². The van der Waals surface area contributed by atoms with Crippen molar-refractivity contribution in [1.29, 1.82) is 0 Å². The molecule has 108 valence electrons. The summed E-state index contributed by atoms with van der Waals surface area (Å²) in [6, 6.07) is 0. The third kappa shape index (κ3) is 3.14. The Kier molecular flexibility index (Phi) is 5.28. The predicted molar refractivity (Wildman–Crippen MR) is 80.4 cm³/mol. The van der Waals surface area contributed by atoms with Gasteiger partial charge < -0.3 is 5.73 Å². The molecule has 1 heterocycles. The van der Waals surface area contributed by atoms with Crippen molar-refractivity contribution in [3.8, 4) is 0 Å². The largest absolute Gasteiger partial charge is 0.330 e. The molecule has 1 saturated carbocycles. The van der Waals surface area contributed by atoms with Gasteiger partial charge in [-0.15, -0.1) is 0 Å². The lowest BCUT2D eigenvalue weighted by Crippen LogP contribution is -2.30. The summed E-state index contributed by atoms with van der Waals surface area (Å²) in [6.07, 6.45) is 7.90. The van der Waals surface area contributed by atoms with E-state index in [4.69, 9.17) is 17.3 Å². The molecule has 1 aromatic heterocycles. The number of nitrogens with zero attached hydrogens (tertiary/aromatic N) is 2. The fourth-order valence-electron chi connectivity index (χ4n) is 3.44. The second-order valence-corrected chi connectivity index (χ2v) is 6.20. The van der Waals surface area contributed by atoms with Gasteiger partial charge in [0.15, 0.2) is 0 Å². The highest BCUT2D eigenvalue weighted by atomic mass is 35.5. The van der Waals surface area contributed by atoms with Crippen LogP contribution < -0.4 is 5.73 Å². The maximum absolute atomic E-state index is 6.40. The summed E-state index contributed by atoms with van der Waals surface area (Å²) in [7, 11) is 0. The molecule has 1 aromatic rings. The van der Waals surface area contributed by atoms with Crippen molar-refractivity contribution in [2.75, 3.05) is 6.54 Å². The predicted octanol–water partition coefficient (Wildman–Crippen LogP) is 3.82. The second kappa shape index (κ2) is 6.76. The second-order valence-electron chi connectivity index (χ2n) is 5.79. The van der Waals surface area contributed by atoms with Crippen molar-refractivity contribution in [3.63, 3.8) is 0 Å². The smallest absolute Gasteiger partial charge is 0.0820 e. The van der Waals surface area contributed by atoms with Crippen molar-refractivity contribution in [3.05, 3.63) is 16.9 Å². The Hall–Kier alpha value is -0.540. The average molecular weight is 284 g/mol. The fourth-order valence-corrected chi connectivity index (χ4v) is 3.72. The number of nitrogens with two attached hydrogens (primary N) is 1. The summed E-state index contributed by atoms with van der Waals surface area (Å²) in [5, 5.41) is 5.27. The van der Waals surface area contributed by atoms with Gasteiger partial charge in [-0.1, -0.05) is 38.3 Å². The monoisotopic (exact) mass is 283 g/mol. The van der Waals surface area contributed by atoms with Gasteiger partial charge in [-0.05, 0) is 37.6 Å². The molecule has 0 spiro atoms. The number of halogens is 1. The topological polar surface area (TPSA) is 43.8 Å². The Morgan fingerprint density at radius 2 is 2.21 bits per heavy atom. The normalized spacial score (nSPS) is 27.7. The highest BCUT2D eigenvalue weighted by Gasteiger charge is 2.33. The first-order valence-electron chi connectivity index (χ1n) is 7.62. The van der Waals surface area contributed by atoms with Crippen molar-refractivity contribution >= 4 is 11.6 Å². The highest BCUT2D eigenvalue weighted by Crippen LogP contribution is 2.43. The Balaban J connectivity index is 2.27. The molecule has 0 bridgehead atoms. The van der Waals surface area contributed by atoms with Gasteiger partial charge in [-0.2, -0.15) is 5.10 Å². The number of rotatable bonds is 5. The van der Waals surface area contributed by atoms with Crippen LogP contribution in [0.25, 0.3) is 0 Å². The molecule has 0 radical (unpaired) electrons. The molecule has 1 aliphatic carbocycles. The van der Waals surface area contributed by atoms with Crippen molar-refractivity contribution in [2.24, 2.45) is 17.6 Å². The van der Waals surface area contributed by atoms with E-state index in [-0.39, 0.29) is 0 Å². The van der Waals surface area contributed by atoms with Crippen molar-refractivity contribution in [2.45, 2.75) is 58.4 Å². The zero-order valence-electron chi connectivity index (χ0n) is 12.1. The molecule has 0 aliphatic heterocycles. The van der Waals surface area contributed by atoms with Crippen LogP contribution in [0.3, 0.4) is 0 Å². The third-order valence-corrected chi connectivity index (χ3v) is 4.89. The minimum Gasteiger partial charge on any atom is -0.330 e. The van der Waals surface area contributed by atoms with E-state index in [0.29, 0.717) is 11.8 Å². The van der Waals surface area contributed by atoms with Gasteiger partial charge in [0.1, 0.15) is 0 Å². The zero-order chi connectivity index (χ0) is 13.8. The summed E-state index contributed by atoms with van der Waals surface area (Å²) < 4.78 is 2.10. The first kappa shape index (κ1) is 14.9. The quantitative estimate of drug-likeness (QED) is 0.893. The zero-order valence-corrected chi connectivity index (χ0v) is 12.9. The Morgan fingerprint density at radius 3 is 2.84 bits per heavy atom. The maximum Gasteiger partial charge on any atom is 0.0820 e. The summed E-state index contributed by atoms with van der Waals surface area (Å²) in [4.78, 5) is 0. The molecule has 3 unspecified atom stereocenters. The van der Waals surface area contributed by atoms with Crippen LogP contribution in [0.1, 0.15) is 57.6 Å². The molecular weight excluding hydrogens is 258 g/mol. The number of aryl methyl sites for hydroxylation is 1. The molecule has 0 aromatic carbocycles. The highest BCUT2D eigenvalue weighted by molar-refractivity contribution is 6.31. The van der Waals surface area contributed by atoms with Crippen LogP contribution in [0.15, 0.2) is 6.20 Å². The first-order chi connectivity index (χ1) is 9.21. The molecule has 3 atom stereocenters. The minimum absolute atomic E-state index is 0.491. The molecular formula is C15H26ClN3. The SMILES string of the molecule is CCCn1ncc(Cl)c1C1CC(CC)CCC1CN. The van der Waals surface area contributed by atoms with E-state index < -0.39 is 0 Å². The number of hydrogen-bond acceptors (Lipinski definition) is 2. The van der Waals surface area contributed by atoms with Crippen LogP contribution in [0.2, 0.25) is 5.02 Å². The van der Waals surface area contributed by atoms with E-state index in [1.54, 1.807) is 6.20 Å². The molecule has 0 saturated heterocycles. The van der Waals surface area contributed by atoms with Gasteiger partial charge in [0.25, 0.3) is 0 Å². The Bertz CT molecular complexity index is 402. The Labute approximate surface area is 121 Å². The molecule has 4 heteroatoms. The molecule has 3 nitrogen and oxygen atoms in total. The van der Waals surface area contributed by atoms with Crippen LogP contribution >= 0.6 is 11.6 Å². The van der Waals surface area contributed by atoms with Gasteiger partial charge in [0, 0.05) is 12.5 Å². The molecule has 0 amide bonds. The van der Waals surface area contributed by atoms with E-state index in [9.17, 15) is 0 Å². The summed E-state index contributed by atoms with van der Waals surface area (Å²) >= 11 is 6.40. The average Bonchev–Trinajstić information content (AvgIpc) is 2.79. The van der Waals surface area contributed by atoms with Gasteiger partial charge in [-0.25, -0.2) is 0 Å². The van der Waals surface area contributed by atoms with E-state index in [1.807, 2.05) is 0 Å². The molecule has 2 rings (SSSR count). The van der Waals surface area contributed by atoms with Gasteiger partial charge >= 0.3 is 0 Å². The standard InChI is InChI=1S/C15H26ClN3/c1-3-7-19-15(14(16)10-18-19)13-8-11(4-2)5-6-12(13)9-17/h10-13H,3-9,17H2,1-2H3. The van der Waals surface area contributed by atoms with Gasteiger partial charge in [-0.3, -0.25) is 4.68 Å². The summed E-state index contributed by atoms with van der Waals surface area (Å²) in [5.41, 5.74) is 7.22. The lowest BCUT2D eigenvalue weighted by molar-refractivity contribution is 0.227. The van der Waals surface area contributed by atoms with Crippen LogP contribution in [-0.4, -0.2) is 16.3 Å². The Morgan fingerprint density at radius 1 is 1.42 bits per heavy atom. The summed E-state index contributed by atoms with van der Waals surface area (Å²) in [6.45, 7) is 6.17. The molecule has 1 aliphatic rings. The van der Waals surface area contributed by atoms with E-state index in [2.05, 4.69) is 23.6 Å². The van der Waals surface area contributed by atoms with Crippen LogP contribution in [-0.2, 0) is 6.54 Å². The maximum atomic E-state index is 6.40.